The molecule has 1 aliphatic rings. The number of hydrogen-bond donors (Lipinski definition) is 1. The summed E-state index contributed by atoms with van der Waals surface area (Å²) in [5, 5.41) is 3.10. The van der Waals surface area contributed by atoms with Crippen molar-refractivity contribution in [2.75, 3.05) is 32.1 Å². The number of imidazole rings is 1. The van der Waals surface area contributed by atoms with Crippen LogP contribution in [0.4, 0.5) is 5.82 Å². The van der Waals surface area contributed by atoms with Crippen molar-refractivity contribution in [1.29, 1.82) is 0 Å². The summed E-state index contributed by atoms with van der Waals surface area (Å²) in [6.45, 7) is 3.12. The van der Waals surface area contributed by atoms with Crippen LogP contribution in [0.1, 0.15) is 17.6 Å². The van der Waals surface area contributed by atoms with E-state index in [9.17, 15) is 0 Å². The fraction of sp³-hybridized carbons (Fsp3) is 0.389. The van der Waals surface area contributed by atoms with Gasteiger partial charge in [-0.25, -0.2) is 9.97 Å². The molecule has 1 unspecified atom stereocenters. The molecule has 0 aliphatic carbocycles. The maximum absolute atomic E-state index is 5.95. The fourth-order valence-corrected chi connectivity index (χ4v) is 3.33. The second-order valence-electron chi connectivity index (χ2n) is 6.21. The highest BCUT2D eigenvalue weighted by Gasteiger charge is 2.26. The number of morpholine rings is 1. The smallest absolute Gasteiger partial charge is 0.150 e. The average Bonchev–Trinajstić information content (AvgIpc) is 2.98. The Balaban J connectivity index is 1.54. The first-order valence-electron chi connectivity index (χ1n) is 8.49. The van der Waals surface area contributed by atoms with Crippen LogP contribution in [0, 0.1) is 0 Å². The Hall–Kier alpha value is -2.51. The molecule has 3 heterocycles. The topological polar surface area (TPSA) is 68.1 Å². The predicted octanol–water partition coefficient (Wildman–Crippen LogP) is 1.98. The molecule has 0 saturated carbocycles. The summed E-state index contributed by atoms with van der Waals surface area (Å²) in [6.07, 6.45) is 3.32. The number of rotatable bonds is 4. The Morgan fingerprint density at radius 1 is 1.24 bits per heavy atom. The Morgan fingerprint density at radius 3 is 2.92 bits per heavy atom. The summed E-state index contributed by atoms with van der Waals surface area (Å²) >= 11 is 0. The van der Waals surface area contributed by atoms with Gasteiger partial charge in [-0.15, -0.1) is 0 Å². The Morgan fingerprint density at radius 2 is 2.08 bits per heavy atom. The normalized spacial score (nSPS) is 18.6. The molecule has 7 heteroatoms. The number of ether oxygens (including phenoxy) is 1. The summed E-state index contributed by atoms with van der Waals surface area (Å²) in [4.78, 5) is 15.9. The summed E-state index contributed by atoms with van der Waals surface area (Å²) in [5.41, 5.74) is 3.06. The van der Waals surface area contributed by atoms with Crippen molar-refractivity contribution >= 4 is 16.9 Å². The lowest BCUT2D eigenvalue weighted by atomic mass is 10.2. The number of fused-ring (bicyclic) bond motifs is 1. The van der Waals surface area contributed by atoms with Gasteiger partial charge in [-0.05, 0) is 12.1 Å². The van der Waals surface area contributed by atoms with Gasteiger partial charge in [-0.3, -0.25) is 9.88 Å². The van der Waals surface area contributed by atoms with Crippen LogP contribution in [0.2, 0.25) is 0 Å². The monoisotopic (exact) mass is 338 g/mol. The second-order valence-corrected chi connectivity index (χ2v) is 6.21. The highest BCUT2D eigenvalue weighted by atomic mass is 16.5. The molecule has 1 atom stereocenters. The van der Waals surface area contributed by atoms with Gasteiger partial charge in [0.2, 0.25) is 0 Å². The van der Waals surface area contributed by atoms with Gasteiger partial charge in [0.15, 0.2) is 0 Å². The minimum Gasteiger partial charge on any atom is -0.372 e. The molecule has 25 heavy (non-hydrogen) atoms. The molecule has 1 aliphatic heterocycles. The fourth-order valence-electron chi connectivity index (χ4n) is 3.33. The molecule has 0 spiro atoms. The zero-order valence-corrected chi connectivity index (χ0v) is 14.5. The van der Waals surface area contributed by atoms with Crippen LogP contribution in [-0.4, -0.2) is 51.2 Å². The van der Waals surface area contributed by atoms with Crippen LogP contribution in [0.3, 0.4) is 0 Å². The summed E-state index contributed by atoms with van der Waals surface area (Å²) in [6, 6.07) is 8.23. The minimum absolute atomic E-state index is 0.0837. The first-order chi connectivity index (χ1) is 12.3. The van der Waals surface area contributed by atoms with Crippen LogP contribution in [0.5, 0.6) is 0 Å². The van der Waals surface area contributed by atoms with Gasteiger partial charge in [-0.1, -0.05) is 12.1 Å². The van der Waals surface area contributed by atoms with Gasteiger partial charge in [0.1, 0.15) is 23.4 Å². The number of hydrogen-bond acceptors (Lipinski definition) is 6. The maximum atomic E-state index is 5.95. The third-order valence-corrected chi connectivity index (χ3v) is 4.66. The molecule has 0 amide bonds. The molecule has 0 bridgehead atoms. The standard InChI is InChI=1S/C18H22N6O/c1-19-18-17(20-7-8-21-18)15-11-24(9-10-25-15)12-16-22-13-5-3-4-6-14(13)23(16)2/h3-8,15H,9-12H2,1-2H3,(H,19,21). The predicted molar refractivity (Wildman–Crippen MR) is 96.3 cm³/mol. The molecule has 1 N–H and O–H groups in total. The van der Waals surface area contributed by atoms with E-state index in [1.807, 2.05) is 19.2 Å². The lowest BCUT2D eigenvalue weighted by Gasteiger charge is -2.32. The van der Waals surface area contributed by atoms with Crippen molar-refractivity contribution in [2.24, 2.45) is 7.05 Å². The van der Waals surface area contributed by atoms with Gasteiger partial charge in [-0.2, -0.15) is 0 Å². The van der Waals surface area contributed by atoms with Gasteiger partial charge in [0.25, 0.3) is 0 Å². The van der Waals surface area contributed by atoms with Crippen molar-refractivity contribution in [3.8, 4) is 0 Å². The number of nitrogens with zero attached hydrogens (tertiary/aromatic N) is 5. The molecular weight excluding hydrogens is 316 g/mol. The van der Waals surface area contributed by atoms with E-state index in [0.717, 1.165) is 48.0 Å². The molecule has 2 aromatic heterocycles. The van der Waals surface area contributed by atoms with Gasteiger partial charge < -0.3 is 14.6 Å². The van der Waals surface area contributed by atoms with Gasteiger partial charge in [0.05, 0.1) is 24.2 Å². The average molecular weight is 338 g/mol. The number of benzene rings is 1. The van der Waals surface area contributed by atoms with Crippen LogP contribution >= 0.6 is 0 Å². The lowest BCUT2D eigenvalue weighted by Crippen LogP contribution is -2.38. The van der Waals surface area contributed by atoms with E-state index in [-0.39, 0.29) is 6.10 Å². The first kappa shape index (κ1) is 16.0. The molecule has 3 aromatic rings. The summed E-state index contributed by atoms with van der Waals surface area (Å²) in [5.74, 6) is 1.84. The van der Waals surface area contributed by atoms with E-state index >= 15 is 0 Å². The molecule has 1 aromatic carbocycles. The lowest BCUT2D eigenvalue weighted by molar-refractivity contribution is -0.0356. The Labute approximate surface area is 146 Å². The molecule has 1 fully saturated rings. The molecule has 1 saturated heterocycles. The molecular formula is C18H22N6O. The number of aromatic nitrogens is 4. The highest BCUT2D eigenvalue weighted by molar-refractivity contribution is 5.75. The van der Waals surface area contributed by atoms with Crippen molar-refractivity contribution in [2.45, 2.75) is 12.6 Å². The SMILES string of the molecule is CNc1nccnc1C1CN(Cc2nc3ccccc3n2C)CCO1. The van der Waals surface area contributed by atoms with E-state index in [1.165, 1.54) is 0 Å². The van der Waals surface area contributed by atoms with E-state index in [0.29, 0.717) is 6.61 Å². The second kappa shape index (κ2) is 6.78. The Bertz CT molecular complexity index is 877. The molecule has 130 valence electrons. The largest absolute Gasteiger partial charge is 0.372 e. The quantitative estimate of drug-likeness (QED) is 0.784. The van der Waals surface area contributed by atoms with Crippen molar-refractivity contribution < 1.29 is 4.74 Å². The van der Waals surface area contributed by atoms with Crippen LogP contribution in [0.15, 0.2) is 36.7 Å². The molecule has 4 rings (SSSR count). The summed E-state index contributed by atoms with van der Waals surface area (Å²) < 4.78 is 8.12. The molecule has 0 radical (unpaired) electrons. The van der Waals surface area contributed by atoms with Crippen LogP contribution < -0.4 is 5.32 Å². The van der Waals surface area contributed by atoms with Crippen LogP contribution in [-0.2, 0) is 18.3 Å². The third-order valence-electron chi connectivity index (χ3n) is 4.66. The minimum atomic E-state index is -0.0837. The number of nitrogens with one attached hydrogen (secondary N) is 1. The van der Waals surface area contributed by atoms with E-state index in [2.05, 4.69) is 43.9 Å². The van der Waals surface area contributed by atoms with E-state index < -0.39 is 0 Å². The Kier molecular flexibility index (Phi) is 4.33. The maximum Gasteiger partial charge on any atom is 0.150 e. The van der Waals surface area contributed by atoms with Crippen molar-refractivity contribution in [3.05, 3.63) is 48.2 Å². The first-order valence-corrected chi connectivity index (χ1v) is 8.49. The number of anilines is 1. The van der Waals surface area contributed by atoms with Crippen molar-refractivity contribution in [1.82, 2.24) is 24.4 Å². The van der Waals surface area contributed by atoms with E-state index in [4.69, 9.17) is 9.72 Å². The van der Waals surface area contributed by atoms with E-state index in [1.54, 1.807) is 12.4 Å². The summed E-state index contributed by atoms with van der Waals surface area (Å²) in [7, 11) is 3.93. The number of para-hydroxylation sites is 2. The third kappa shape index (κ3) is 3.08. The zero-order chi connectivity index (χ0) is 17.2. The van der Waals surface area contributed by atoms with Gasteiger partial charge >= 0.3 is 0 Å². The zero-order valence-electron chi connectivity index (χ0n) is 14.5. The van der Waals surface area contributed by atoms with Crippen molar-refractivity contribution in [3.63, 3.8) is 0 Å². The van der Waals surface area contributed by atoms with Gasteiger partial charge in [0, 0.05) is 39.6 Å². The molecule has 7 nitrogen and oxygen atoms in total. The number of aryl methyl sites for hydroxylation is 1. The van der Waals surface area contributed by atoms with Crippen LogP contribution in [0.25, 0.3) is 11.0 Å². The highest BCUT2D eigenvalue weighted by Crippen LogP contribution is 2.26.